The summed E-state index contributed by atoms with van der Waals surface area (Å²) in [6, 6.07) is 3.38. The van der Waals surface area contributed by atoms with Crippen molar-refractivity contribution in [1.29, 1.82) is 0 Å². The van der Waals surface area contributed by atoms with E-state index in [0.29, 0.717) is 5.82 Å². The van der Waals surface area contributed by atoms with E-state index in [4.69, 9.17) is 0 Å². The van der Waals surface area contributed by atoms with E-state index in [0.717, 1.165) is 6.54 Å². The van der Waals surface area contributed by atoms with Crippen molar-refractivity contribution in [2.24, 2.45) is 0 Å². The molecular formula is C16H24N3O+. The van der Waals surface area contributed by atoms with E-state index in [-0.39, 0.29) is 5.75 Å². The zero-order valence-electron chi connectivity index (χ0n) is 12.2. The number of aryl methyl sites for hydroxylation is 1. The van der Waals surface area contributed by atoms with Gasteiger partial charge in [0.1, 0.15) is 12.4 Å². The number of aromatic nitrogens is 3. The molecule has 2 aromatic rings. The molecule has 0 fully saturated rings. The third-order valence-electron chi connectivity index (χ3n) is 3.47. The zero-order chi connectivity index (χ0) is 14.2. The van der Waals surface area contributed by atoms with Crippen molar-refractivity contribution < 1.29 is 9.67 Å². The SMILES string of the molecule is CCCCCCCC[n+]1ccn(-c2ncccc2O)c1. The molecule has 0 radical (unpaired) electrons. The fourth-order valence-corrected chi connectivity index (χ4v) is 2.31. The largest absolute Gasteiger partial charge is 0.503 e. The van der Waals surface area contributed by atoms with Crippen LogP contribution < -0.4 is 4.57 Å². The van der Waals surface area contributed by atoms with E-state index < -0.39 is 0 Å². The lowest BCUT2D eigenvalue weighted by Gasteiger charge is -1.99. The fraction of sp³-hybridized carbons (Fsp3) is 0.500. The molecule has 0 aliphatic carbocycles. The van der Waals surface area contributed by atoms with Gasteiger partial charge in [0.25, 0.3) is 5.82 Å². The Kier molecular flexibility index (Phi) is 5.59. The molecule has 0 bridgehead atoms. The lowest BCUT2D eigenvalue weighted by Crippen LogP contribution is -2.30. The van der Waals surface area contributed by atoms with Crippen molar-refractivity contribution in [2.75, 3.05) is 0 Å². The van der Waals surface area contributed by atoms with E-state index in [2.05, 4.69) is 16.5 Å². The molecule has 4 heteroatoms. The van der Waals surface area contributed by atoms with Crippen molar-refractivity contribution in [1.82, 2.24) is 9.55 Å². The topological polar surface area (TPSA) is 41.9 Å². The van der Waals surface area contributed by atoms with Gasteiger partial charge in [0.05, 0.1) is 6.54 Å². The summed E-state index contributed by atoms with van der Waals surface area (Å²) < 4.78 is 4.00. The van der Waals surface area contributed by atoms with Crippen LogP contribution in [0.5, 0.6) is 5.75 Å². The van der Waals surface area contributed by atoms with Gasteiger partial charge in [0.15, 0.2) is 5.75 Å². The molecule has 0 amide bonds. The molecular weight excluding hydrogens is 250 g/mol. The van der Waals surface area contributed by atoms with E-state index in [1.807, 2.05) is 23.3 Å². The fourth-order valence-electron chi connectivity index (χ4n) is 2.31. The second kappa shape index (κ2) is 7.68. The van der Waals surface area contributed by atoms with Crippen LogP contribution in [0, 0.1) is 0 Å². The smallest absolute Gasteiger partial charge is 0.268 e. The van der Waals surface area contributed by atoms with Crippen LogP contribution in [-0.2, 0) is 6.54 Å². The molecule has 1 N–H and O–H groups in total. The number of pyridine rings is 1. The van der Waals surface area contributed by atoms with Gasteiger partial charge in [0.2, 0.25) is 6.33 Å². The summed E-state index contributed by atoms with van der Waals surface area (Å²) in [5, 5.41) is 9.78. The predicted molar refractivity (Wildman–Crippen MR) is 78.8 cm³/mol. The van der Waals surface area contributed by atoms with Crippen molar-refractivity contribution in [3.8, 4) is 11.6 Å². The van der Waals surface area contributed by atoms with Gasteiger partial charge < -0.3 is 5.11 Å². The highest BCUT2D eigenvalue weighted by molar-refractivity contribution is 5.37. The van der Waals surface area contributed by atoms with Crippen LogP contribution in [0.2, 0.25) is 0 Å². The number of hydrogen-bond donors (Lipinski definition) is 1. The number of unbranched alkanes of at least 4 members (excludes halogenated alkanes) is 5. The Balaban J connectivity index is 1.82. The third-order valence-corrected chi connectivity index (χ3v) is 3.47. The van der Waals surface area contributed by atoms with Gasteiger partial charge in [-0.3, -0.25) is 0 Å². The summed E-state index contributed by atoms with van der Waals surface area (Å²) in [6.07, 6.45) is 15.4. The highest BCUT2D eigenvalue weighted by Gasteiger charge is 2.11. The lowest BCUT2D eigenvalue weighted by molar-refractivity contribution is -0.696. The zero-order valence-corrected chi connectivity index (χ0v) is 12.2. The molecule has 2 rings (SSSR count). The standard InChI is InChI=1S/C16H23N3O/c1-2-3-4-5-6-7-11-18-12-13-19(14-18)16-15(20)9-8-10-17-16/h8-10,12-14H,2-7,11H2,1H3/p+1. The van der Waals surface area contributed by atoms with E-state index >= 15 is 0 Å². The Labute approximate surface area is 120 Å². The van der Waals surface area contributed by atoms with Gasteiger partial charge in [-0.2, -0.15) is 4.57 Å². The first-order valence-electron chi connectivity index (χ1n) is 7.52. The van der Waals surface area contributed by atoms with Crippen molar-refractivity contribution >= 4 is 0 Å². The molecule has 0 aliphatic heterocycles. The average Bonchev–Trinajstić information content (AvgIpc) is 2.92. The molecule has 0 aliphatic rings. The highest BCUT2D eigenvalue weighted by atomic mass is 16.3. The lowest BCUT2D eigenvalue weighted by atomic mass is 10.1. The monoisotopic (exact) mass is 274 g/mol. The summed E-state index contributed by atoms with van der Waals surface area (Å²) >= 11 is 0. The number of hydrogen-bond acceptors (Lipinski definition) is 2. The van der Waals surface area contributed by atoms with Gasteiger partial charge in [-0.25, -0.2) is 9.55 Å². The van der Waals surface area contributed by atoms with E-state index in [9.17, 15) is 5.11 Å². The second-order valence-electron chi connectivity index (χ2n) is 5.17. The summed E-state index contributed by atoms with van der Waals surface area (Å²) in [4.78, 5) is 4.19. The molecule has 0 saturated carbocycles. The Morgan fingerprint density at radius 3 is 2.80 bits per heavy atom. The Hall–Kier alpha value is -1.84. The number of aromatic hydroxyl groups is 1. The molecule has 0 aromatic carbocycles. The molecule has 0 atom stereocenters. The Bertz CT molecular complexity index is 522. The summed E-state index contributed by atoms with van der Waals surface area (Å²) in [7, 11) is 0. The Morgan fingerprint density at radius 1 is 1.20 bits per heavy atom. The second-order valence-corrected chi connectivity index (χ2v) is 5.17. The van der Waals surface area contributed by atoms with Crippen molar-refractivity contribution in [3.05, 3.63) is 37.1 Å². The maximum absolute atomic E-state index is 9.78. The first-order valence-corrected chi connectivity index (χ1v) is 7.52. The summed E-state index contributed by atoms with van der Waals surface area (Å²) in [5.74, 6) is 0.781. The number of imidazole rings is 1. The molecule has 108 valence electrons. The maximum Gasteiger partial charge on any atom is 0.268 e. The molecule has 0 unspecified atom stereocenters. The molecule has 0 spiro atoms. The Morgan fingerprint density at radius 2 is 2.00 bits per heavy atom. The summed E-state index contributed by atoms with van der Waals surface area (Å²) in [6.45, 7) is 3.26. The van der Waals surface area contributed by atoms with Crippen molar-refractivity contribution in [2.45, 2.75) is 52.0 Å². The van der Waals surface area contributed by atoms with Crippen LogP contribution in [0.25, 0.3) is 5.82 Å². The van der Waals surface area contributed by atoms with Gasteiger partial charge in [-0.05, 0) is 25.0 Å². The number of nitrogens with zero attached hydrogens (tertiary/aromatic N) is 3. The van der Waals surface area contributed by atoms with Gasteiger partial charge in [-0.15, -0.1) is 0 Å². The van der Waals surface area contributed by atoms with Gasteiger partial charge in [-0.1, -0.05) is 32.6 Å². The third kappa shape index (κ3) is 4.08. The minimum Gasteiger partial charge on any atom is -0.503 e. The number of rotatable bonds is 8. The molecule has 0 saturated heterocycles. The first-order chi connectivity index (χ1) is 9.81. The molecule has 2 heterocycles. The van der Waals surface area contributed by atoms with Crippen LogP contribution in [-0.4, -0.2) is 14.7 Å². The quantitative estimate of drug-likeness (QED) is 0.593. The normalized spacial score (nSPS) is 10.8. The van der Waals surface area contributed by atoms with Crippen LogP contribution in [0.4, 0.5) is 0 Å². The molecule has 2 aromatic heterocycles. The maximum atomic E-state index is 9.78. The van der Waals surface area contributed by atoms with Crippen LogP contribution >= 0.6 is 0 Å². The van der Waals surface area contributed by atoms with Crippen LogP contribution in [0.3, 0.4) is 0 Å². The molecule has 20 heavy (non-hydrogen) atoms. The van der Waals surface area contributed by atoms with E-state index in [1.54, 1.807) is 18.3 Å². The summed E-state index contributed by atoms with van der Waals surface area (Å²) in [5.41, 5.74) is 0. The first kappa shape index (κ1) is 14.6. The predicted octanol–water partition coefficient (Wildman–Crippen LogP) is 3.23. The van der Waals surface area contributed by atoms with Gasteiger partial charge >= 0.3 is 0 Å². The molecule has 4 nitrogen and oxygen atoms in total. The van der Waals surface area contributed by atoms with E-state index in [1.165, 1.54) is 38.5 Å². The van der Waals surface area contributed by atoms with Gasteiger partial charge in [0, 0.05) is 6.20 Å². The minimum atomic E-state index is 0.204. The average molecular weight is 274 g/mol. The van der Waals surface area contributed by atoms with Crippen molar-refractivity contribution in [3.63, 3.8) is 0 Å². The minimum absolute atomic E-state index is 0.204. The van der Waals surface area contributed by atoms with Crippen LogP contribution in [0.15, 0.2) is 37.1 Å². The van der Waals surface area contributed by atoms with Crippen LogP contribution in [0.1, 0.15) is 45.4 Å². The highest BCUT2D eigenvalue weighted by Crippen LogP contribution is 2.16.